The third-order valence-corrected chi connectivity index (χ3v) is 15.8. The summed E-state index contributed by atoms with van der Waals surface area (Å²) in [7, 11) is 0. The molecule has 1 N–H and O–H groups in total. The highest BCUT2D eigenvalue weighted by molar-refractivity contribution is 5.98. The Balaban J connectivity index is 1.33. The maximum Gasteiger partial charge on any atom is 0.150 e. The molecule has 0 saturated heterocycles. The third kappa shape index (κ3) is 9.99. The van der Waals surface area contributed by atoms with E-state index in [0.29, 0.717) is 17.0 Å². The van der Waals surface area contributed by atoms with Crippen molar-refractivity contribution in [3.8, 4) is 79.3 Å². The summed E-state index contributed by atoms with van der Waals surface area (Å²) in [5.41, 5.74) is 19.1. The zero-order valence-electron chi connectivity index (χ0n) is 49.3. The van der Waals surface area contributed by atoms with Gasteiger partial charge < -0.3 is 5.11 Å². The van der Waals surface area contributed by atoms with Gasteiger partial charge in [-0.25, -0.2) is 9.97 Å². The number of phenols is 1. The van der Waals surface area contributed by atoms with Crippen LogP contribution in [0, 0.1) is 11.3 Å². The molecular weight excluding hydrogens is 963 g/mol. The minimum absolute atomic E-state index is 0.0662. The fraction of sp³-hybridized carbons (Fsp3) is 0.301. The van der Waals surface area contributed by atoms with E-state index in [1.807, 2.05) is 0 Å². The van der Waals surface area contributed by atoms with Gasteiger partial charge in [0.25, 0.3) is 0 Å². The number of fused-ring (bicyclic) bond motifs is 2. The molecule has 400 valence electrons. The number of hydrogen-bond donors (Lipinski definition) is 1. The molecule has 79 heavy (non-hydrogen) atoms. The number of para-hydroxylation sites is 3. The van der Waals surface area contributed by atoms with Crippen LogP contribution < -0.4 is 0 Å². The van der Waals surface area contributed by atoms with Gasteiger partial charge in [-0.3, -0.25) is 9.13 Å². The van der Waals surface area contributed by atoms with Crippen molar-refractivity contribution in [3.05, 3.63) is 197 Å². The van der Waals surface area contributed by atoms with Crippen LogP contribution in [0.1, 0.15) is 162 Å². The molecule has 0 aliphatic carbocycles. The molecule has 8 aromatic carbocycles. The van der Waals surface area contributed by atoms with E-state index in [2.05, 4.69) is 284 Å². The van der Waals surface area contributed by atoms with Gasteiger partial charge in [0.1, 0.15) is 17.6 Å². The third-order valence-electron chi connectivity index (χ3n) is 15.8. The Morgan fingerprint density at radius 2 is 1.03 bits per heavy atom. The van der Waals surface area contributed by atoms with E-state index in [9.17, 15) is 10.4 Å². The summed E-state index contributed by atoms with van der Waals surface area (Å²) in [5, 5.41) is 24.5. The number of hydrogen-bond acceptors (Lipinski definition) is 4. The number of aromatic hydroxyl groups is 1. The normalized spacial score (nSPS) is 12.6. The quantitative estimate of drug-likeness (QED) is 0.156. The second-order valence-electron chi connectivity index (χ2n) is 26.5. The van der Waals surface area contributed by atoms with Gasteiger partial charge in [-0.2, -0.15) is 5.26 Å². The van der Waals surface area contributed by atoms with E-state index < -0.39 is 10.8 Å². The van der Waals surface area contributed by atoms with Crippen molar-refractivity contribution in [1.29, 1.82) is 5.26 Å². The summed E-state index contributed by atoms with van der Waals surface area (Å²) in [6.45, 7) is 35.5. The molecule has 0 unspecified atom stereocenters. The van der Waals surface area contributed by atoms with Crippen LogP contribution in [-0.4, -0.2) is 24.2 Å². The van der Waals surface area contributed by atoms with Crippen LogP contribution in [0.4, 0.5) is 0 Å². The summed E-state index contributed by atoms with van der Waals surface area (Å²) in [6.07, 6.45) is 0. The Kier molecular flexibility index (Phi) is 13.8. The van der Waals surface area contributed by atoms with Crippen LogP contribution in [-0.2, 0) is 21.7 Å². The van der Waals surface area contributed by atoms with Gasteiger partial charge in [-0.15, -0.1) is 0 Å². The molecule has 0 saturated carbocycles. The maximum atomic E-state index is 13.0. The maximum absolute atomic E-state index is 13.0. The van der Waals surface area contributed by atoms with Crippen LogP contribution in [0.2, 0.25) is 0 Å². The number of rotatable bonds is 9. The Morgan fingerprint density at radius 1 is 0.456 bits per heavy atom. The van der Waals surface area contributed by atoms with Crippen molar-refractivity contribution >= 4 is 22.1 Å². The molecule has 10 rings (SSSR count). The van der Waals surface area contributed by atoms with Crippen molar-refractivity contribution in [2.24, 2.45) is 0 Å². The van der Waals surface area contributed by atoms with Gasteiger partial charge in [0, 0.05) is 22.3 Å². The number of phenolic OH excluding ortho intramolecular Hbond substituents is 1. The molecule has 0 radical (unpaired) electrons. The van der Waals surface area contributed by atoms with Gasteiger partial charge in [0.05, 0.1) is 44.6 Å². The lowest BCUT2D eigenvalue weighted by molar-refractivity contribution is 0.446. The predicted octanol–water partition coefficient (Wildman–Crippen LogP) is 19.7. The minimum atomic E-state index is -0.463. The molecule has 2 heterocycles. The summed E-state index contributed by atoms with van der Waals surface area (Å²) >= 11 is 0. The van der Waals surface area contributed by atoms with Crippen LogP contribution >= 0.6 is 0 Å². The van der Waals surface area contributed by atoms with Crippen LogP contribution in [0.15, 0.2) is 158 Å². The molecule has 0 fully saturated rings. The predicted molar refractivity (Wildman–Crippen MR) is 332 cm³/mol. The second kappa shape index (κ2) is 20.0. The zero-order chi connectivity index (χ0) is 56.7. The first-order chi connectivity index (χ1) is 37.3. The van der Waals surface area contributed by atoms with Gasteiger partial charge in [-0.05, 0) is 144 Å². The van der Waals surface area contributed by atoms with E-state index in [-0.39, 0.29) is 28.4 Å². The first-order valence-electron chi connectivity index (χ1n) is 28.2. The first kappa shape index (κ1) is 54.3. The number of benzene rings is 8. The van der Waals surface area contributed by atoms with Crippen LogP contribution in [0.5, 0.6) is 5.75 Å². The standard InChI is InChI=1S/C73H77N5O/c1-44(2)54-39-48(46-26-19-17-20-27-46)40-55(45(3)4)66(54)78-63-33-25-30-53(65(63)76-69(78)64-57(43-74)58(72(11,12)13)42-59(67(64)79)73(14,15)16)49-36-50(38-52(37-49)71(8,9)10)68-75-60-31-23-24-32-62(60)77(68)61-35-34-51(70(5,6)7)41-56(61)47-28-21-18-22-29-47/h17-42,44-45,79H,1-16H3. The molecule has 0 aliphatic rings. The van der Waals surface area contributed by atoms with E-state index in [0.717, 1.165) is 106 Å². The first-order valence-corrected chi connectivity index (χ1v) is 28.2. The van der Waals surface area contributed by atoms with Crippen molar-refractivity contribution in [3.63, 3.8) is 0 Å². The molecule has 2 aromatic heterocycles. The Morgan fingerprint density at radius 3 is 1.61 bits per heavy atom. The van der Waals surface area contributed by atoms with Crippen LogP contribution in [0.25, 0.3) is 89.6 Å². The topological polar surface area (TPSA) is 79.7 Å². The molecule has 0 atom stereocenters. The molecule has 6 nitrogen and oxygen atoms in total. The summed E-state index contributed by atoms with van der Waals surface area (Å²) in [5.74, 6) is 1.64. The van der Waals surface area contributed by atoms with E-state index in [1.54, 1.807) is 0 Å². The number of imidazole rings is 2. The zero-order valence-corrected chi connectivity index (χ0v) is 49.3. The van der Waals surface area contributed by atoms with Gasteiger partial charge in [-0.1, -0.05) is 208 Å². The summed E-state index contributed by atoms with van der Waals surface area (Å²) < 4.78 is 4.64. The smallest absolute Gasteiger partial charge is 0.150 e. The molecule has 10 aromatic rings. The lowest BCUT2D eigenvalue weighted by Crippen LogP contribution is -2.19. The van der Waals surface area contributed by atoms with Crippen molar-refractivity contribution in [1.82, 2.24) is 19.1 Å². The summed E-state index contributed by atoms with van der Waals surface area (Å²) in [4.78, 5) is 11.4. The van der Waals surface area contributed by atoms with Gasteiger partial charge in [0.15, 0.2) is 5.82 Å². The Hall–Kier alpha value is -8.01. The minimum Gasteiger partial charge on any atom is -0.507 e. The van der Waals surface area contributed by atoms with Crippen molar-refractivity contribution in [2.45, 2.75) is 144 Å². The fourth-order valence-electron chi connectivity index (χ4n) is 11.4. The van der Waals surface area contributed by atoms with E-state index in [1.165, 1.54) is 5.56 Å². The number of nitrogens with zero attached hydrogens (tertiary/aromatic N) is 5. The van der Waals surface area contributed by atoms with E-state index in [4.69, 9.17) is 9.97 Å². The number of aromatic nitrogens is 4. The van der Waals surface area contributed by atoms with Crippen molar-refractivity contribution < 1.29 is 5.11 Å². The highest BCUT2D eigenvalue weighted by Gasteiger charge is 2.35. The van der Waals surface area contributed by atoms with Gasteiger partial charge in [0.2, 0.25) is 0 Å². The molecule has 6 heteroatoms. The lowest BCUT2D eigenvalue weighted by atomic mass is 9.76. The van der Waals surface area contributed by atoms with Crippen molar-refractivity contribution in [2.75, 3.05) is 0 Å². The molecule has 0 spiro atoms. The monoisotopic (exact) mass is 1040 g/mol. The average Bonchev–Trinajstić information content (AvgIpc) is 3.98. The fourth-order valence-corrected chi connectivity index (χ4v) is 11.4. The second-order valence-corrected chi connectivity index (χ2v) is 26.5. The average molecular weight is 1040 g/mol. The molecule has 0 amide bonds. The Bertz CT molecular complexity index is 3970. The Labute approximate surface area is 469 Å². The molecular formula is C73H77N5O. The highest BCUT2D eigenvalue weighted by atomic mass is 16.3. The summed E-state index contributed by atoms with van der Waals surface area (Å²) in [6, 6.07) is 59.4. The lowest BCUT2D eigenvalue weighted by Gasteiger charge is -2.29. The largest absolute Gasteiger partial charge is 0.507 e. The highest BCUT2D eigenvalue weighted by Crippen LogP contribution is 2.49. The van der Waals surface area contributed by atoms with Crippen LogP contribution in [0.3, 0.4) is 0 Å². The number of nitriles is 1. The van der Waals surface area contributed by atoms with Gasteiger partial charge >= 0.3 is 0 Å². The molecule has 0 bridgehead atoms. The molecule has 0 aliphatic heterocycles. The van der Waals surface area contributed by atoms with E-state index >= 15 is 0 Å². The SMILES string of the molecule is CC(C)c1cc(-c2ccccc2)cc(C(C)C)c1-n1c(-c2c(O)c(C(C)(C)C)cc(C(C)(C)C)c2C#N)nc2c(-c3cc(-c4nc5ccccc5n4-c4ccc(C(C)(C)C)cc4-c4ccccc4)cc(C(C)(C)C)c3)cccc21.